The van der Waals surface area contributed by atoms with Crippen molar-refractivity contribution in [1.82, 2.24) is 9.80 Å². The van der Waals surface area contributed by atoms with Gasteiger partial charge < -0.3 is 10.6 Å². The van der Waals surface area contributed by atoms with Crippen molar-refractivity contribution in [3.63, 3.8) is 0 Å². The molecule has 1 aliphatic rings. The van der Waals surface area contributed by atoms with Gasteiger partial charge in [0.05, 0.1) is 0 Å². The molecule has 0 aromatic rings. The van der Waals surface area contributed by atoms with Crippen LogP contribution in [0.2, 0.25) is 0 Å². The largest absolute Gasteiger partial charge is 0.327 e. The van der Waals surface area contributed by atoms with Crippen LogP contribution in [-0.2, 0) is 0 Å². The van der Waals surface area contributed by atoms with Crippen molar-refractivity contribution in [3.05, 3.63) is 0 Å². The highest BCUT2D eigenvalue weighted by atomic mass is 15.3. The molecule has 3 heteroatoms. The summed E-state index contributed by atoms with van der Waals surface area (Å²) in [5.41, 5.74) is 5.85. The molecule has 1 rings (SSSR count). The number of hydrogen-bond donors (Lipinski definition) is 1. The van der Waals surface area contributed by atoms with E-state index >= 15 is 0 Å². The van der Waals surface area contributed by atoms with Gasteiger partial charge in [-0.1, -0.05) is 0 Å². The molecule has 1 fully saturated rings. The molecule has 72 valence electrons. The van der Waals surface area contributed by atoms with Gasteiger partial charge in [0.2, 0.25) is 0 Å². The lowest BCUT2D eigenvalue weighted by atomic mass is 10.1. The van der Waals surface area contributed by atoms with Crippen LogP contribution >= 0.6 is 0 Å². The molecule has 0 saturated carbocycles. The summed E-state index contributed by atoms with van der Waals surface area (Å²) in [6.45, 7) is 8.99. The molecule has 0 bridgehead atoms. The van der Waals surface area contributed by atoms with E-state index < -0.39 is 0 Å². The van der Waals surface area contributed by atoms with Crippen LogP contribution in [0.1, 0.15) is 13.8 Å². The molecule has 0 aromatic heterocycles. The average molecular weight is 171 g/mol. The van der Waals surface area contributed by atoms with Gasteiger partial charge in [-0.3, -0.25) is 4.90 Å². The predicted octanol–water partition coefficient (Wildman–Crippen LogP) is -0.0305. The predicted molar refractivity (Wildman–Crippen MR) is 52.2 cm³/mol. The minimum Gasteiger partial charge on any atom is -0.327 e. The first-order valence-corrected chi connectivity index (χ1v) is 4.79. The summed E-state index contributed by atoms with van der Waals surface area (Å²) >= 11 is 0. The molecule has 12 heavy (non-hydrogen) atoms. The fraction of sp³-hybridized carbons (Fsp3) is 1.00. The van der Waals surface area contributed by atoms with Gasteiger partial charge in [0.15, 0.2) is 0 Å². The Morgan fingerprint density at radius 2 is 1.58 bits per heavy atom. The normalized spacial score (nSPS) is 27.0. The molecule has 0 unspecified atom stereocenters. The maximum atomic E-state index is 5.85. The molecule has 0 spiro atoms. The van der Waals surface area contributed by atoms with Crippen LogP contribution in [0.4, 0.5) is 0 Å². The molecule has 2 N–H and O–H groups in total. The maximum Gasteiger partial charge on any atom is 0.0217 e. The monoisotopic (exact) mass is 171 g/mol. The van der Waals surface area contributed by atoms with E-state index in [0.717, 1.165) is 0 Å². The Morgan fingerprint density at radius 1 is 1.08 bits per heavy atom. The number of piperazine rings is 1. The Kier molecular flexibility index (Phi) is 3.50. The van der Waals surface area contributed by atoms with Crippen molar-refractivity contribution in [1.29, 1.82) is 0 Å². The van der Waals surface area contributed by atoms with Gasteiger partial charge in [-0.25, -0.2) is 0 Å². The quantitative estimate of drug-likeness (QED) is 0.633. The Labute approximate surface area is 75.5 Å². The zero-order valence-corrected chi connectivity index (χ0v) is 8.45. The van der Waals surface area contributed by atoms with Crippen molar-refractivity contribution >= 4 is 0 Å². The number of rotatable bonds is 2. The topological polar surface area (TPSA) is 32.5 Å². The third-order valence-electron chi connectivity index (χ3n) is 2.87. The first-order chi connectivity index (χ1) is 5.61. The molecule has 1 aliphatic heterocycles. The van der Waals surface area contributed by atoms with E-state index in [-0.39, 0.29) is 6.04 Å². The highest BCUT2D eigenvalue weighted by molar-refractivity contribution is 4.79. The third kappa shape index (κ3) is 2.44. The molecular weight excluding hydrogens is 150 g/mol. The van der Waals surface area contributed by atoms with Crippen molar-refractivity contribution in [2.75, 3.05) is 33.2 Å². The van der Waals surface area contributed by atoms with E-state index in [2.05, 4.69) is 30.7 Å². The second kappa shape index (κ2) is 4.21. The van der Waals surface area contributed by atoms with E-state index in [1.807, 2.05) is 0 Å². The summed E-state index contributed by atoms with van der Waals surface area (Å²) in [6.07, 6.45) is 0. The van der Waals surface area contributed by atoms with Gasteiger partial charge >= 0.3 is 0 Å². The van der Waals surface area contributed by atoms with E-state index in [0.29, 0.717) is 6.04 Å². The zero-order valence-electron chi connectivity index (χ0n) is 8.45. The van der Waals surface area contributed by atoms with Gasteiger partial charge in [-0.05, 0) is 20.9 Å². The first-order valence-electron chi connectivity index (χ1n) is 4.79. The summed E-state index contributed by atoms with van der Waals surface area (Å²) in [7, 11) is 2.17. The molecule has 3 nitrogen and oxygen atoms in total. The summed E-state index contributed by atoms with van der Waals surface area (Å²) in [5.74, 6) is 0. The second-order valence-corrected chi connectivity index (χ2v) is 3.94. The van der Waals surface area contributed by atoms with Gasteiger partial charge in [0.1, 0.15) is 0 Å². The maximum absolute atomic E-state index is 5.85. The fourth-order valence-electron chi connectivity index (χ4n) is 1.56. The Bertz CT molecular complexity index is 128. The van der Waals surface area contributed by atoms with Crippen LogP contribution in [0.15, 0.2) is 0 Å². The van der Waals surface area contributed by atoms with E-state index in [4.69, 9.17) is 5.73 Å². The molecule has 0 amide bonds. The lowest BCUT2D eigenvalue weighted by Crippen LogP contribution is -2.52. The summed E-state index contributed by atoms with van der Waals surface area (Å²) < 4.78 is 0. The Hall–Kier alpha value is -0.120. The van der Waals surface area contributed by atoms with Gasteiger partial charge in [0.25, 0.3) is 0 Å². The minimum atomic E-state index is 0.286. The van der Waals surface area contributed by atoms with Gasteiger partial charge in [-0.2, -0.15) is 0 Å². The van der Waals surface area contributed by atoms with Crippen LogP contribution in [0.25, 0.3) is 0 Å². The van der Waals surface area contributed by atoms with E-state index in [9.17, 15) is 0 Å². The smallest absolute Gasteiger partial charge is 0.0217 e. The average Bonchev–Trinajstić information content (AvgIpc) is 2.04. The highest BCUT2D eigenvalue weighted by Crippen LogP contribution is 2.06. The number of nitrogens with two attached hydrogens (primary N) is 1. The van der Waals surface area contributed by atoms with Crippen molar-refractivity contribution in [3.8, 4) is 0 Å². The molecule has 0 aromatic carbocycles. The van der Waals surface area contributed by atoms with Crippen LogP contribution in [0, 0.1) is 0 Å². The SMILES string of the molecule is C[C@H](N)[C@H](C)N1CCN(C)CC1. The molecule has 0 aliphatic carbocycles. The summed E-state index contributed by atoms with van der Waals surface area (Å²) in [5, 5.41) is 0. The Morgan fingerprint density at radius 3 is 2.00 bits per heavy atom. The van der Waals surface area contributed by atoms with Crippen molar-refractivity contribution in [2.45, 2.75) is 25.9 Å². The molecule has 0 radical (unpaired) electrons. The molecule has 2 atom stereocenters. The lowest BCUT2D eigenvalue weighted by molar-refractivity contribution is 0.109. The van der Waals surface area contributed by atoms with E-state index in [1.165, 1.54) is 26.2 Å². The fourth-order valence-corrected chi connectivity index (χ4v) is 1.56. The second-order valence-electron chi connectivity index (χ2n) is 3.94. The number of nitrogens with zero attached hydrogens (tertiary/aromatic N) is 2. The summed E-state index contributed by atoms with van der Waals surface area (Å²) in [4.78, 5) is 4.84. The van der Waals surface area contributed by atoms with Gasteiger partial charge in [0, 0.05) is 38.3 Å². The van der Waals surface area contributed by atoms with Crippen molar-refractivity contribution < 1.29 is 0 Å². The van der Waals surface area contributed by atoms with Crippen LogP contribution < -0.4 is 5.73 Å². The minimum absolute atomic E-state index is 0.286. The third-order valence-corrected chi connectivity index (χ3v) is 2.87. The molecular formula is C9H21N3. The standard InChI is InChI=1S/C9H21N3/c1-8(10)9(2)12-6-4-11(3)5-7-12/h8-9H,4-7,10H2,1-3H3/t8-,9-/m0/s1. The van der Waals surface area contributed by atoms with Gasteiger partial charge in [-0.15, -0.1) is 0 Å². The molecule has 1 heterocycles. The lowest BCUT2D eigenvalue weighted by Gasteiger charge is -2.37. The first kappa shape index (κ1) is 9.96. The van der Waals surface area contributed by atoms with Crippen molar-refractivity contribution in [2.24, 2.45) is 5.73 Å². The number of likely N-dealkylation sites (N-methyl/N-ethyl adjacent to an activating group) is 1. The zero-order chi connectivity index (χ0) is 9.14. The molecule has 1 saturated heterocycles. The number of hydrogen-bond acceptors (Lipinski definition) is 3. The summed E-state index contributed by atoms with van der Waals surface area (Å²) in [6, 6.07) is 0.812. The Balaban J connectivity index is 2.34. The highest BCUT2D eigenvalue weighted by Gasteiger charge is 2.20. The van der Waals surface area contributed by atoms with Crippen LogP contribution in [0.3, 0.4) is 0 Å². The van der Waals surface area contributed by atoms with Crippen LogP contribution in [-0.4, -0.2) is 55.1 Å². The van der Waals surface area contributed by atoms with Crippen LogP contribution in [0.5, 0.6) is 0 Å². The van der Waals surface area contributed by atoms with E-state index in [1.54, 1.807) is 0 Å².